The van der Waals surface area contributed by atoms with Crippen molar-refractivity contribution in [3.63, 3.8) is 0 Å². The van der Waals surface area contributed by atoms with E-state index in [4.69, 9.17) is 25.9 Å². The SMILES string of the molecule is CO/N=C(/C)c1c(OC(C)=O)cc(-c2ccc(N3CCCC3=O)c(Cl)c2)cc1OC(C)=O. The lowest BCUT2D eigenvalue weighted by atomic mass is 9.99. The van der Waals surface area contributed by atoms with E-state index in [2.05, 4.69) is 5.16 Å². The summed E-state index contributed by atoms with van der Waals surface area (Å²) in [5.74, 6) is -0.767. The number of rotatable bonds is 6. The Balaban J connectivity index is 2.14. The number of ether oxygens (including phenoxy) is 2. The van der Waals surface area contributed by atoms with Gasteiger partial charge in [-0.05, 0) is 48.7 Å². The summed E-state index contributed by atoms with van der Waals surface area (Å²) in [6, 6.07) is 8.54. The molecule has 0 unspecified atom stereocenters. The molecule has 0 aliphatic carbocycles. The monoisotopic (exact) mass is 458 g/mol. The fourth-order valence-corrected chi connectivity index (χ4v) is 3.86. The predicted octanol–water partition coefficient (Wildman–Crippen LogP) is 4.35. The third-order valence-corrected chi connectivity index (χ3v) is 5.11. The number of nitrogens with zero attached hydrogens (tertiary/aromatic N) is 2. The Labute approximate surface area is 190 Å². The van der Waals surface area contributed by atoms with Crippen LogP contribution in [0, 0.1) is 0 Å². The van der Waals surface area contributed by atoms with Crippen LogP contribution >= 0.6 is 11.6 Å². The van der Waals surface area contributed by atoms with Crippen molar-refractivity contribution in [1.29, 1.82) is 0 Å². The number of amides is 1. The molecule has 0 N–H and O–H groups in total. The second-order valence-electron chi connectivity index (χ2n) is 7.21. The van der Waals surface area contributed by atoms with Crippen LogP contribution < -0.4 is 14.4 Å². The molecule has 8 nitrogen and oxygen atoms in total. The van der Waals surface area contributed by atoms with Crippen LogP contribution in [0.5, 0.6) is 11.5 Å². The largest absolute Gasteiger partial charge is 0.426 e. The number of esters is 2. The molecule has 1 fully saturated rings. The molecule has 0 spiro atoms. The lowest BCUT2D eigenvalue weighted by molar-refractivity contribution is -0.132. The minimum Gasteiger partial charge on any atom is -0.426 e. The van der Waals surface area contributed by atoms with Gasteiger partial charge in [-0.25, -0.2) is 0 Å². The van der Waals surface area contributed by atoms with Crippen LogP contribution in [0.25, 0.3) is 11.1 Å². The van der Waals surface area contributed by atoms with E-state index in [0.29, 0.717) is 46.1 Å². The molecule has 0 atom stereocenters. The Hall–Kier alpha value is -3.39. The zero-order valence-electron chi connectivity index (χ0n) is 18.2. The summed E-state index contributed by atoms with van der Waals surface area (Å²) in [5.41, 5.74) is 2.57. The van der Waals surface area contributed by atoms with E-state index >= 15 is 0 Å². The van der Waals surface area contributed by atoms with Crippen LogP contribution in [0.4, 0.5) is 5.69 Å². The molecule has 0 bridgehead atoms. The predicted molar refractivity (Wildman–Crippen MR) is 120 cm³/mol. The number of anilines is 1. The van der Waals surface area contributed by atoms with Crippen LogP contribution in [-0.4, -0.2) is 37.2 Å². The van der Waals surface area contributed by atoms with E-state index in [9.17, 15) is 14.4 Å². The van der Waals surface area contributed by atoms with Crippen LogP contribution in [0.1, 0.15) is 39.2 Å². The summed E-state index contributed by atoms with van der Waals surface area (Å²) in [4.78, 5) is 42.1. The Morgan fingerprint density at radius 3 is 2.09 bits per heavy atom. The minimum absolute atomic E-state index is 0.0335. The van der Waals surface area contributed by atoms with Crippen molar-refractivity contribution in [2.24, 2.45) is 5.16 Å². The molecule has 2 aromatic carbocycles. The fraction of sp³-hybridized carbons (Fsp3) is 0.304. The van der Waals surface area contributed by atoms with E-state index in [1.807, 2.05) is 0 Å². The van der Waals surface area contributed by atoms with Gasteiger partial charge in [-0.15, -0.1) is 0 Å². The van der Waals surface area contributed by atoms with Crippen LogP contribution in [0.15, 0.2) is 35.5 Å². The number of carbonyl (C=O) groups excluding carboxylic acids is 3. The Kier molecular flexibility index (Phi) is 7.15. The quantitative estimate of drug-likeness (QED) is 0.276. The Morgan fingerprint density at radius 2 is 1.62 bits per heavy atom. The third-order valence-electron chi connectivity index (χ3n) is 4.81. The summed E-state index contributed by atoms with van der Waals surface area (Å²) in [6.07, 6.45) is 1.29. The standard InChI is InChI=1S/C23H23ClN2O6/c1-13(25-30-4)23-20(31-14(2)27)11-17(12-21(23)32-15(3)28)16-7-8-19(18(24)10-16)26-9-5-6-22(26)29/h7-8,10-12H,5-6,9H2,1-4H3/b25-13-. The fourth-order valence-electron chi connectivity index (χ4n) is 3.57. The van der Waals surface area contributed by atoms with Crippen molar-refractivity contribution >= 4 is 40.8 Å². The molecule has 168 valence electrons. The average Bonchev–Trinajstić information content (AvgIpc) is 3.12. The zero-order valence-corrected chi connectivity index (χ0v) is 19.0. The highest BCUT2D eigenvalue weighted by molar-refractivity contribution is 6.34. The Bertz CT molecular complexity index is 1070. The van der Waals surface area contributed by atoms with Crippen molar-refractivity contribution in [2.75, 3.05) is 18.6 Å². The van der Waals surface area contributed by atoms with Crippen molar-refractivity contribution in [2.45, 2.75) is 33.6 Å². The van der Waals surface area contributed by atoms with Gasteiger partial charge in [0.25, 0.3) is 0 Å². The molecule has 1 aliphatic heterocycles. The molecule has 1 heterocycles. The first-order valence-electron chi connectivity index (χ1n) is 9.94. The molecule has 3 rings (SSSR count). The molecular weight excluding hydrogens is 436 g/mol. The highest BCUT2D eigenvalue weighted by atomic mass is 35.5. The lowest BCUT2D eigenvalue weighted by Gasteiger charge is -2.19. The normalized spacial score (nSPS) is 13.8. The summed E-state index contributed by atoms with van der Waals surface area (Å²) in [7, 11) is 1.38. The number of hydrogen-bond acceptors (Lipinski definition) is 7. The molecule has 0 aromatic heterocycles. The van der Waals surface area contributed by atoms with Gasteiger partial charge in [0.15, 0.2) is 0 Å². The molecule has 0 radical (unpaired) electrons. The van der Waals surface area contributed by atoms with Crippen LogP contribution in [0.2, 0.25) is 5.02 Å². The van der Waals surface area contributed by atoms with Crippen molar-refractivity contribution in [3.05, 3.63) is 40.9 Å². The summed E-state index contributed by atoms with van der Waals surface area (Å²) < 4.78 is 10.8. The van der Waals surface area contributed by atoms with E-state index < -0.39 is 11.9 Å². The minimum atomic E-state index is -0.552. The van der Waals surface area contributed by atoms with Gasteiger partial charge >= 0.3 is 11.9 Å². The smallest absolute Gasteiger partial charge is 0.308 e. The van der Waals surface area contributed by atoms with Gasteiger partial charge in [-0.1, -0.05) is 22.8 Å². The average molecular weight is 459 g/mol. The molecular formula is C23H23ClN2O6. The Morgan fingerprint density at radius 1 is 1.00 bits per heavy atom. The van der Waals surface area contributed by atoms with Gasteiger partial charge in [-0.2, -0.15) is 0 Å². The first kappa shape index (κ1) is 23.3. The van der Waals surface area contributed by atoms with E-state index in [0.717, 1.165) is 6.42 Å². The van der Waals surface area contributed by atoms with E-state index in [1.165, 1.54) is 21.0 Å². The second kappa shape index (κ2) is 9.82. The topological polar surface area (TPSA) is 94.5 Å². The molecule has 9 heteroatoms. The molecule has 0 saturated carbocycles. The molecule has 1 aliphatic rings. The first-order valence-corrected chi connectivity index (χ1v) is 10.3. The van der Waals surface area contributed by atoms with Crippen LogP contribution in [0.3, 0.4) is 0 Å². The van der Waals surface area contributed by atoms with Gasteiger partial charge in [-0.3, -0.25) is 14.4 Å². The van der Waals surface area contributed by atoms with Gasteiger partial charge in [0.1, 0.15) is 18.6 Å². The molecule has 1 saturated heterocycles. The van der Waals surface area contributed by atoms with Gasteiger partial charge in [0.2, 0.25) is 5.91 Å². The number of halogens is 1. The highest BCUT2D eigenvalue weighted by Crippen LogP contribution is 2.39. The highest BCUT2D eigenvalue weighted by Gasteiger charge is 2.24. The molecule has 32 heavy (non-hydrogen) atoms. The number of hydrogen-bond donors (Lipinski definition) is 0. The second-order valence-corrected chi connectivity index (χ2v) is 7.62. The number of oxime groups is 1. The maximum absolute atomic E-state index is 12.1. The van der Waals surface area contributed by atoms with Gasteiger partial charge in [0.05, 0.1) is 22.0 Å². The maximum Gasteiger partial charge on any atom is 0.308 e. The van der Waals surface area contributed by atoms with Crippen molar-refractivity contribution in [1.82, 2.24) is 0 Å². The summed E-state index contributed by atoms with van der Waals surface area (Å²) >= 11 is 6.50. The zero-order chi connectivity index (χ0) is 23.4. The van der Waals surface area contributed by atoms with E-state index in [1.54, 1.807) is 42.2 Å². The van der Waals surface area contributed by atoms with Crippen LogP contribution in [-0.2, 0) is 19.2 Å². The van der Waals surface area contributed by atoms with Gasteiger partial charge < -0.3 is 19.2 Å². The van der Waals surface area contributed by atoms with Gasteiger partial charge in [0, 0.05) is 26.8 Å². The van der Waals surface area contributed by atoms with E-state index in [-0.39, 0.29) is 17.4 Å². The third kappa shape index (κ3) is 5.08. The number of carbonyl (C=O) groups is 3. The summed E-state index contributed by atoms with van der Waals surface area (Å²) in [5, 5.41) is 4.29. The number of benzene rings is 2. The molecule has 1 amide bonds. The molecule has 2 aromatic rings. The van der Waals surface area contributed by atoms with Crippen molar-refractivity contribution < 1.29 is 28.7 Å². The maximum atomic E-state index is 12.1. The van der Waals surface area contributed by atoms with Crippen molar-refractivity contribution in [3.8, 4) is 22.6 Å². The summed E-state index contributed by atoms with van der Waals surface area (Å²) in [6.45, 7) is 4.79. The first-order chi connectivity index (χ1) is 15.2. The lowest BCUT2D eigenvalue weighted by Crippen LogP contribution is -2.23.